The molecule has 0 bridgehead atoms. The Hall–Kier alpha value is -3.38. The monoisotopic (exact) mass is 540 g/mol. The van der Waals surface area contributed by atoms with Gasteiger partial charge in [0, 0.05) is 42.5 Å². The molecule has 11 heteroatoms. The number of nitrogens with two attached hydrogens (primary N) is 2. The predicted molar refractivity (Wildman–Crippen MR) is 142 cm³/mol. The van der Waals surface area contributed by atoms with Crippen LogP contribution in [0, 0.1) is 11.3 Å². The number of rotatable bonds is 8. The largest absolute Gasteiger partial charge is 0.384 e. The first-order valence-electron chi connectivity index (χ1n) is 11.5. The smallest absolute Gasteiger partial charge is 0.238 e. The maximum Gasteiger partial charge on any atom is 0.238 e. The summed E-state index contributed by atoms with van der Waals surface area (Å²) in [4.78, 5) is 13.5. The lowest BCUT2D eigenvalue weighted by molar-refractivity contribution is -0.122. The van der Waals surface area contributed by atoms with Gasteiger partial charge in [-0.15, -0.1) is 0 Å². The standard InChI is InChI=1S/C26H28N4O5S2/c1-36(32,33)30-15-22(19-5-4-6-20(14-19)26(27)28)23(16-30)24(31)13-17-9-11-18(12-10-17)21-7-2-3-8-25(21)37(29,34)35/h2-12,14,22-23H,13,15-16H2,1H3,(H3,27,28)(H2,29,34,35)/t22-,23+/m1/s1. The molecule has 1 aliphatic rings. The molecule has 0 amide bonds. The molecule has 194 valence electrons. The minimum absolute atomic E-state index is 0.0151. The van der Waals surface area contributed by atoms with Crippen molar-refractivity contribution < 1.29 is 21.6 Å². The molecular weight excluding hydrogens is 512 g/mol. The number of nitrogens with zero attached hydrogens (tertiary/aromatic N) is 1. The van der Waals surface area contributed by atoms with Crippen molar-refractivity contribution in [2.24, 2.45) is 16.8 Å². The van der Waals surface area contributed by atoms with Crippen molar-refractivity contribution in [1.82, 2.24) is 4.31 Å². The van der Waals surface area contributed by atoms with Crippen molar-refractivity contribution in [2.45, 2.75) is 17.2 Å². The quantitative estimate of drug-likeness (QED) is 0.292. The Morgan fingerprint density at radius 3 is 2.27 bits per heavy atom. The highest BCUT2D eigenvalue weighted by Gasteiger charge is 2.41. The normalized spacial score (nSPS) is 18.5. The van der Waals surface area contributed by atoms with Gasteiger partial charge in [0.25, 0.3) is 0 Å². The highest BCUT2D eigenvalue weighted by molar-refractivity contribution is 7.89. The Kier molecular flexibility index (Phi) is 7.33. The molecule has 37 heavy (non-hydrogen) atoms. The second-order valence-electron chi connectivity index (χ2n) is 9.21. The lowest BCUT2D eigenvalue weighted by atomic mass is 9.83. The fourth-order valence-corrected chi connectivity index (χ4v) is 6.35. The Balaban J connectivity index is 1.59. The number of carbonyl (C=O) groups excluding carboxylic acids is 1. The SMILES string of the molecule is CS(=O)(=O)N1C[C@H](C(=O)Cc2ccc(-c3ccccc3S(N)(=O)=O)cc2)[C@@H](c2cccc(C(=N)N)c2)C1. The van der Waals surface area contributed by atoms with Crippen LogP contribution in [0.15, 0.2) is 77.7 Å². The third-order valence-electron chi connectivity index (χ3n) is 6.63. The molecule has 3 aromatic carbocycles. The number of primary sulfonamides is 1. The minimum atomic E-state index is -3.91. The van der Waals surface area contributed by atoms with Gasteiger partial charge in [-0.3, -0.25) is 10.2 Å². The van der Waals surface area contributed by atoms with Crippen molar-refractivity contribution in [3.8, 4) is 11.1 Å². The van der Waals surface area contributed by atoms with Gasteiger partial charge in [0.05, 0.1) is 11.2 Å². The Morgan fingerprint density at radius 1 is 0.973 bits per heavy atom. The molecule has 0 aliphatic carbocycles. The maximum atomic E-state index is 13.4. The van der Waals surface area contributed by atoms with Crippen molar-refractivity contribution in [3.63, 3.8) is 0 Å². The van der Waals surface area contributed by atoms with Crippen LogP contribution in [0.4, 0.5) is 0 Å². The van der Waals surface area contributed by atoms with Crippen LogP contribution in [0.25, 0.3) is 11.1 Å². The summed E-state index contributed by atoms with van der Waals surface area (Å²) < 4.78 is 49.8. The maximum absolute atomic E-state index is 13.4. The van der Waals surface area contributed by atoms with Crippen LogP contribution in [0.2, 0.25) is 0 Å². The molecule has 1 saturated heterocycles. The van der Waals surface area contributed by atoms with E-state index >= 15 is 0 Å². The number of nitrogen functional groups attached to an aromatic ring is 1. The van der Waals surface area contributed by atoms with E-state index in [0.29, 0.717) is 16.7 Å². The van der Waals surface area contributed by atoms with Gasteiger partial charge < -0.3 is 5.73 Å². The zero-order valence-electron chi connectivity index (χ0n) is 20.2. The van der Waals surface area contributed by atoms with Gasteiger partial charge >= 0.3 is 0 Å². The molecule has 3 aromatic rings. The highest BCUT2D eigenvalue weighted by atomic mass is 32.2. The number of hydrogen-bond acceptors (Lipinski definition) is 6. The first kappa shape index (κ1) is 26.7. The molecule has 0 spiro atoms. The molecule has 0 unspecified atom stereocenters. The summed E-state index contributed by atoms with van der Waals surface area (Å²) in [6.45, 7) is 0.242. The Labute approximate surface area is 216 Å². The molecular formula is C26H28N4O5S2. The van der Waals surface area contributed by atoms with Gasteiger partial charge in [0.2, 0.25) is 20.0 Å². The summed E-state index contributed by atoms with van der Waals surface area (Å²) >= 11 is 0. The summed E-state index contributed by atoms with van der Waals surface area (Å²) in [6.07, 6.45) is 1.21. The van der Waals surface area contributed by atoms with Crippen LogP contribution in [0.3, 0.4) is 0 Å². The van der Waals surface area contributed by atoms with Crippen LogP contribution in [-0.2, 0) is 31.3 Å². The summed E-state index contributed by atoms with van der Waals surface area (Å²) in [7, 11) is -7.42. The van der Waals surface area contributed by atoms with Gasteiger partial charge in [-0.25, -0.2) is 26.3 Å². The number of ketones is 1. The van der Waals surface area contributed by atoms with E-state index < -0.39 is 26.0 Å². The topological polar surface area (TPSA) is 164 Å². The van der Waals surface area contributed by atoms with E-state index in [4.69, 9.17) is 16.3 Å². The molecule has 1 heterocycles. The molecule has 1 aliphatic heterocycles. The van der Waals surface area contributed by atoms with E-state index in [-0.39, 0.29) is 41.9 Å². The molecule has 2 atom stereocenters. The van der Waals surface area contributed by atoms with E-state index in [1.165, 1.54) is 10.4 Å². The summed E-state index contributed by atoms with van der Waals surface area (Å²) in [6, 6.07) is 20.4. The molecule has 5 N–H and O–H groups in total. The third kappa shape index (κ3) is 5.96. The van der Waals surface area contributed by atoms with E-state index in [0.717, 1.165) is 17.4 Å². The fourth-order valence-electron chi connectivity index (χ4n) is 4.73. The second kappa shape index (κ2) is 10.2. The van der Waals surface area contributed by atoms with Gasteiger partial charge in [-0.1, -0.05) is 60.7 Å². The average molecular weight is 541 g/mol. The summed E-state index contributed by atoms with van der Waals surface area (Å²) in [5.41, 5.74) is 8.73. The van der Waals surface area contributed by atoms with E-state index in [9.17, 15) is 21.6 Å². The van der Waals surface area contributed by atoms with Crippen molar-refractivity contribution in [1.29, 1.82) is 5.41 Å². The van der Waals surface area contributed by atoms with E-state index in [2.05, 4.69) is 0 Å². The molecule has 0 radical (unpaired) electrons. The van der Waals surface area contributed by atoms with Crippen molar-refractivity contribution in [3.05, 3.63) is 89.5 Å². The van der Waals surface area contributed by atoms with Gasteiger partial charge in [-0.05, 0) is 28.8 Å². The number of benzene rings is 3. The first-order chi connectivity index (χ1) is 17.3. The van der Waals surface area contributed by atoms with Crippen LogP contribution in [0.1, 0.15) is 22.6 Å². The molecule has 0 aromatic heterocycles. The third-order valence-corrected chi connectivity index (χ3v) is 8.84. The molecule has 1 fully saturated rings. The number of nitrogens with one attached hydrogen (secondary N) is 1. The summed E-state index contributed by atoms with van der Waals surface area (Å²) in [5.74, 6) is -1.16. The average Bonchev–Trinajstić information content (AvgIpc) is 3.31. The zero-order valence-corrected chi connectivity index (χ0v) is 21.8. The number of Topliss-reactive ketones (excluding diaryl/α,β-unsaturated/α-hetero) is 1. The Morgan fingerprint density at radius 2 is 1.65 bits per heavy atom. The van der Waals surface area contributed by atoms with Crippen LogP contribution >= 0.6 is 0 Å². The van der Waals surface area contributed by atoms with Crippen molar-refractivity contribution in [2.75, 3.05) is 19.3 Å². The minimum Gasteiger partial charge on any atom is -0.384 e. The molecule has 9 nitrogen and oxygen atoms in total. The molecule has 4 rings (SSSR count). The lowest BCUT2D eigenvalue weighted by Gasteiger charge is -2.18. The number of carbonyl (C=O) groups is 1. The van der Waals surface area contributed by atoms with E-state index in [1.54, 1.807) is 60.7 Å². The van der Waals surface area contributed by atoms with Gasteiger partial charge in [0.15, 0.2) is 0 Å². The van der Waals surface area contributed by atoms with Crippen LogP contribution in [-0.4, -0.2) is 52.1 Å². The second-order valence-corrected chi connectivity index (χ2v) is 12.7. The lowest BCUT2D eigenvalue weighted by Crippen LogP contribution is -2.29. The Bertz CT molecular complexity index is 1570. The highest BCUT2D eigenvalue weighted by Crippen LogP contribution is 2.36. The number of hydrogen-bond donors (Lipinski definition) is 3. The zero-order chi connectivity index (χ0) is 27.0. The molecule has 0 saturated carbocycles. The number of sulfonamides is 2. The van der Waals surface area contributed by atoms with Crippen LogP contribution in [0.5, 0.6) is 0 Å². The van der Waals surface area contributed by atoms with E-state index in [1.807, 2.05) is 6.07 Å². The summed E-state index contributed by atoms with van der Waals surface area (Å²) in [5, 5.41) is 13.1. The van der Waals surface area contributed by atoms with Gasteiger partial charge in [-0.2, -0.15) is 0 Å². The van der Waals surface area contributed by atoms with Gasteiger partial charge in [0.1, 0.15) is 11.6 Å². The van der Waals surface area contributed by atoms with Crippen LogP contribution < -0.4 is 10.9 Å². The number of amidine groups is 1. The predicted octanol–water partition coefficient (Wildman–Crippen LogP) is 2.07. The van der Waals surface area contributed by atoms with Crippen molar-refractivity contribution >= 4 is 31.7 Å². The fraction of sp³-hybridized carbons (Fsp3) is 0.231. The first-order valence-corrected chi connectivity index (χ1v) is 14.9.